The molecule has 0 amide bonds. The first-order valence-electron chi connectivity index (χ1n) is 7.03. The van der Waals surface area contributed by atoms with Gasteiger partial charge in [0.2, 0.25) is 0 Å². The Balaban J connectivity index is 5.63. The van der Waals surface area contributed by atoms with Crippen LogP contribution in [0.15, 0.2) is 12.2 Å². The van der Waals surface area contributed by atoms with E-state index >= 15 is 0 Å². The molecule has 19 heavy (non-hydrogen) atoms. The monoisotopic (exact) mass is 270 g/mol. The Morgan fingerprint density at radius 1 is 1.05 bits per heavy atom. The van der Waals surface area contributed by atoms with Gasteiger partial charge in [-0.05, 0) is 26.2 Å². The van der Waals surface area contributed by atoms with Gasteiger partial charge in [0.05, 0.1) is 13.2 Å². The number of hydrogen-bond donors (Lipinski definition) is 0. The van der Waals surface area contributed by atoms with Crippen LogP contribution in [0.1, 0.15) is 47.5 Å². The van der Waals surface area contributed by atoms with E-state index in [1.54, 1.807) is 19.9 Å². The summed E-state index contributed by atoms with van der Waals surface area (Å²) in [6.45, 7) is 9.72. The average molecular weight is 270 g/mol. The lowest BCUT2D eigenvalue weighted by Crippen LogP contribution is -2.45. The lowest BCUT2D eigenvalue weighted by molar-refractivity contribution is -0.171. The van der Waals surface area contributed by atoms with E-state index < -0.39 is 17.4 Å². The fourth-order valence-electron chi connectivity index (χ4n) is 1.91. The van der Waals surface area contributed by atoms with Crippen molar-refractivity contribution in [3.05, 3.63) is 12.2 Å². The maximum Gasteiger partial charge on any atom is 0.327 e. The van der Waals surface area contributed by atoms with E-state index in [9.17, 15) is 9.59 Å². The molecular formula is C15H26O4. The van der Waals surface area contributed by atoms with Crippen LogP contribution in [0.4, 0.5) is 0 Å². The Morgan fingerprint density at radius 2 is 1.53 bits per heavy atom. The van der Waals surface area contributed by atoms with Crippen molar-refractivity contribution in [1.29, 1.82) is 0 Å². The smallest absolute Gasteiger partial charge is 0.327 e. The van der Waals surface area contributed by atoms with Gasteiger partial charge < -0.3 is 9.47 Å². The van der Waals surface area contributed by atoms with E-state index in [2.05, 4.69) is 0 Å². The topological polar surface area (TPSA) is 52.6 Å². The van der Waals surface area contributed by atoms with Crippen molar-refractivity contribution in [3.63, 3.8) is 0 Å². The second-order valence-electron chi connectivity index (χ2n) is 4.43. The van der Waals surface area contributed by atoms with Crippen LogP contribution in [0.2, 0.25) is 0 Å². The quantitative estimate of drug-likeness (QED) is 0.386. The molecule has 0 aromatic rings. The predicted octanol–water partition coefficient (Wildman–Crippen LogP) is 3.11. The molecule has 0 aromatic carbocycles. The van der Waals surface area contributed by atoms with Crippen molar-refractivity contribution in [2.75, 3.05) is 13.2 Å². The molecule has 4 nitrogen and oxygen atoms in total. The van der Waals surface area contributed by atoms with Crippen molar-refractivity contribution in [1.82, 2.24) is 0 Å². The summed E-state index contributed by atoms with van der Waals surface area (Å²) in [5, 5.41) is 0. The molecule has 0 bridgehead atoms. The summed E-state index contributed by atoms with van der Waals surface area (Å²) < 4.78 is 10.2. The average Bonchev–Trinajstić information content (AvgIpc) is 2.39. The van der Waals surface area contributed by atoms with Crippen LogP contribution in [-0.4, -0.2) is 25.2 Å². The first kappa shape index (κ1) is 17.7. The fourth-order valence-corrected chi connectivity index (χ4v) is 1.91. The number of hydrogen-bond acceptors (Lipinski definition) is 4. The van der Waals surface area contributed by atoms with Crippen LogP contribution in [0, 0.1) is 11.3 Å². The molecule has 0 heterocycles. The van der Waals surface area contributed by atoms with E-state index in [-0.39, 0.29) is 19.1 Å². The van der Waals surface area contributed by atoms with E-state index in [0.29, 0.717) is 6.42 Å². The molecule has 0 aliphatic rings. The maximum absolute atomic E-state index is 12.3. The Labute approximate surface area is 116 Å². The number of allylic oxidation sites excluding steroid dienone is 1. The third-order valence-corrected chi connectivity index (χ3v) is 3.23. The summed E-state index contributed by atoms with van der Waals surface area (Å²) in [6, 6.07) is 0. The zero-order valence-electron chi connectivity index (χ0n) is 12.7. The van der Waals surface area contributed by atoms with Crippen molar-refractivity contribution in [3.8, 4) is 0 Å². The number of carbonyl (C=O) groups excluding carboxylic acids is 2. The minimum Gasteiger partial charge on any atom is -0.465 e. The summed E-state index contributed by atoms with van der Waals surface area (Å²) in [6.07, 6.45) is 4.90. The molecule has 0 rings (SSSR count). The minimum atomic E-state index is -1.32. The van der Waals surface area contributed by atoms with Crippen LogP contribution >= 0.6 is 0 Å². The Kier molecular flexibility index (Phi) is 8.12. The second-order valence-corrected chi connectivity index (χ2v) is 4.43. The van der Waals surface area contributed by atoms with Crippen molar-refractivity contribution in [2.24, 2.45) is 11.3 Å². The third-order valence-electron chi connectivity index (χ3n) is 3.23. The first-order chi connectivity index (χ1) is 9.00. The minimum absolute atomic E-state index is 0.173. The zero-order chi connectivity index (χ0) is 14.9. The Bertz CT molecular complexity index is 302. The number of carbonyl (C=O) groups is 2. The SMILES string of the molecule is CC/C=C\C(C(=O)OCC)(C(=O)OCC)[C@H](C)CC. The lowest BCUT2D eigenvalue weighted by atomic mass is 9.74. The van der Waals surface area contributed by atoms with Gasteiger partial charge in [-0.15, -0.1) is 0 Å². The van der Waals surface area contributed by atoms with Gasteiger partial charge in [-0.3, -0.25) is 9.59 Å². The van der Waals surface area contributed by atoms with Crippen LogP contribution in [0.5, 0.6) is 0 Å². The highest BCUT2D eigenvalue weighted by molar-refractivity contribution is 6.02. The molecule has 0 unspecified atom stereocenters. The van der Waals surface area contributed by atoms with Crippen LogP contribution in [0.25, 0.3) is 0 Å². The summed E-state index contributed by atoms with van der Waals surface area (Å²) in [5.41, 5.74) is -1.32. The Morgan fingerprint density at radius 3 is 1.84 bits per heavy atom. The molecule has 0 spiro atoms. The van der Waals surface area contributed by atoms with Gasteiger partial charge in [-0.2, -0.15) is 0 Å². The van der Waals surface area contributed by atoms with Crippen molar-refractivity contribution >= 4 is 11.9 Å². The largest absolute Gasteiger partial charge is 0.465 e. The molecule has 0 N–H and O–H groups in total. The number of esters is 2. The van der Waals surface area contributed by atoms with Crippen molar-refractivity contribution in [2.45, 2.75) is 47.5 Å². The van der Waals surface area contributed by atoms with E-state index in [0.717, 1.165) is 6.42 Å². The fraction of sp³-hybridized carbons (Fsp3) is 0.733. The van der Waals surface area contributed by atoms with Gasteiger partial charge in [0.15, 0.2) is 5.41 Å². The second kappa shape index (κ2) is 8.73. The van der Waals surface area contributed by atoms with Crippen molar-refractivity contribution < 1.29 is 19.1 Å². The molecule has 0 fully saturated rings. The van der Waals surface area contributed by atoms with Crippen LogP contribution < -0.4 is 0 Å². The summed E-state index contributed by atoms with van der Waals surface area (Å²) in [7, 11) is 0. The van der Waals surface area contributed by atoms with E-state index in [1.807, 2.05) is 26.8 Å². The molecule has 0 saturated carbocycles. The van der Waals surface area contributed by atoms with Gasteiger partial charge in [0.1, 0.15) is 0 Å². The molecule has 1 atom stereocenters. The van der Waals surface area contributed by atoms with Gasteiger partial charge in [0, 0.05) is 0 Å². The summed E-state index contributed by atoms with van der Waals surface area (Å²) >= 11 is 0. The van der Waals surface area contributed by atoms with Crippen LogP contribution in [0.3, 0.4) is 0 Å². The molecule has 0 aliphatic carbocycles. The van der Waals surface area contributed by atoms with Gasteiger partial charge in [0.25, 0.3) is 0 Å². The predicted molar refractivity (Wildman–Crippen MR) is 74.6 cm³/mol. The highest BCUT2D eigenvalue weighted by Gasteiger charge is 2.50. The molecule has 110 valence electrons. The van der Waals surface area contributed by atoms with Gasteiger partial charge in [-0.25, -0.2) is 0 Å². The zero-order valence-corrected chi connectivity index (χ0v) is 12.7. The maximum atomic E-state index is 12.3. The highest BCUT2D eigenvalue weighted by Crippen LogP contribution is 2.35. The van der Waals surface area contributed by atoms with E-state index in [1.165, 1.54) is 0 Å². The van der Waals surface area contributed by atoms with Crippen LogP contribution in [-0.2, 0) is 19.1 Å². The molecular weight excluding hydrogens is 244 g/mol. The summed E-state index contributed by atoms with van der Waals surface area (Å²) in [5.74, 6) is -1.21. The van der Waals surface area contributed by atoms with E-state index in [4.69, 9.17) is 9.47 Å². The number of ether oxygens (including phenoxy) is 2. The third kappa shape index (κ3) is 4.08. The summed E-state index contributed by atoms with van der Waals surface area (Å²) in [4.78, 5) is 24.6. The molecule has 4 heteroatoms. The molecule has 0 aliphatic heterocycles. The number of rotatable bonds is 8. The van der Waals surface area contributed by atoms with Gasteiger partial charge >= 0.3 is 11.9 Å². The lowest BCUT2D eigenvalue weighted by Gasteiger charge is -2.31. The standard InChI is InChI=1S/C15H26O4/c1-6-10-11-15(12(5)7-2,13(16)18-8-3)14(17)19-9-4/h10-12H,6-9H2,1-5H3/b11-10-/t12-/m1/s1. The van der Waals surface area contributed by atoms with Gasteiger partial charge in [-0.1, -0.05) is 39.3 Å². The first-order valence-corrected chi connectivity index (χ1v) is 7.03. The molecule has 0 aromatic heterocycles. The Hall–Kier alpha value is -1.32. The molecule has 0 radical (unpaired) electrons. The normalized spacial score (nSPS) is 13.3. The molecule has 0 saturated heterocycles. The highest BCUT2D eigenvalue weighted by atomic mass is 16.6.